The summed E-state index contributed by atoms with van der Waals surface area (Å²) in [5.41, 5.74) is 18.6. The average molecular weight is 951 g/mol. The van der Waals surface area contributed by atoms with Crippen LogP contribution in [0.5, 0.6) is 0 Å². The molecule has 0 nitrogen and oxygen atoms in total. The van der Waals surface area contributed by atoms with Crippen LogP contribution in [0.3, 0.4) is 0 Å². The predicted octanol–water partition coefficient (Wildman–Crippen LogP) is 21.1. The normalized spacial score (nSPS) is 11.5. The fraction of sp³-hybridized carbons (Fsp3) is 0.0133. The van der Waals surface area contributed by atoms with Crippen LogP contribution in [-0.2, 0) is 0 Å². The summed E-state index contributed by atoms with van der Waals surface area (Å²) in [7, 11) is 0. The second-order valence-electron chi connectivity index (χ2n) is 19.9. The molecule has 0 saturated heterocycles. The van der Waals surface area contributed by atoms with E-state index in [9.17, 15) is 0 Å². The Kier molecular flexibility index (Phi) is 10.9. The summed E-state index contributed by atoms with van der Waals surface area (Å²) in [5.74, 6) is 0. The highest BCUT2D eigenvalue weighted by Crippen LogP contribution is 2.52. The molecule has 0 heteroatoms. The molecule has 0 N–H and O–H groups in total. The molecule has 0 aliphatic heterocycles. The van der Waals surface area contributed by atoms with Gasteiger partial charge in [0.1, 0.15) is 0 Å². The Bertz CT molecular complexity index is 4260. The molecule has 0 spiro atoms. The first-order valence-corrected chi connectivity index (χ1v) is 26.1. The zero-order valence-electron chi connectivity index (χ0n) is 41.6. The van der Waals surface area contributed by atoms with Crippen LogP contribution in [0.1, 0.15) is 5.56 Å². The van der Waals surface area contributed by atoms with Crippen molar-refractivity contribution >= 4 is 64.6 Å². The molecule has 0 amide bonds. The van der Waals surface area contributed by atoms with Gasteiger partial charge in [-0.2, -0.15) is 0 Å². The van der Waals surface area contributed by atoms with E-state index in [0.717, 1.165) is 0 Å². The lowest BCUT2D eigenvalue weighted by molar-refractivity contribution is 1.48. The number of benzene rings is 15. The maximum atomic E-state index is 2.53. The molecule has 0 heterocycles. The molecule has 0 fully saturated rings. The molecule has 0 bridgehead atoms. The fourth-order valence-electron chi connectivity index (χ4n) is 12.1. The van der Waals surface area contributed by atoms with Gasteiger partial charge in [-0.15, -0.1) is 0 Å². The molecule has 0 radical (unpaired) electrons. The minimum atomic E-state index is 1.21. The highest BCUT2D eigenvalue weighted by atomic mass is 14.3. The van der Waals surface area contributed by atoms with E-state index in [0.29, 0.717) is 0 Å². The van der Waals surface area contributed by atoms with Gasteiger partial charge in [0.05, 0.1) is 0 Å². The van der Waals surface area contributed by atoms with Crippen LogP contribution in [-0.4, -0.2) is 0 Å². The molecule has 15 rings (SSSR count). The summed E-state index contributed by atoms with van der Waals surface area (Å²) >= 11 is 0. The molecule has 0 aliphatic rings. The Hall–Kier alpha value is -9.62. The largest absolute Gasteiger partial charge is 0.0622 e. The molecule has 0 unspecified atom stereocenters. The molecule has 75 heavy (non-hydrogen) atoms. The number of hydrogen-bond acceptors (Lipinski definition) is 0. The van der Waals surface area contributed by atoms with Crippen LogP contribution >= 0.6 is 0 Å². The van der Waals surface area contributed by atoms with Crippen LogP contribution in [0.25, 0.3) is 143 Å². The Labute approximate surface area is 437 Å². The van der Waals surface area contributed by atoms with Crippen LogP contribution < -0.4 is 0 Å². The van der Waals surface area contributed by atoms with E-state index in [2.05, 4.69) is 274 Å². The Balaban J connectivity index is 0.000000685. The first-order valence-electron chi connectivity index (χ1n) is 26.1. The van der Waals surface area contributed by atoms with E-state index in [-0.39, 0.29) is 0 Å². The second kappa shape index (κ2) is 18.5. The van der Waals surface area contributed by atoms with Gasteiger partial charge in [0, 0.05) is 0 Å². The van der Waals surface area contributed by atoms with Crippen molar-refractivity contribution in [1.29, 1.82) is 0 Å². The lowest BCUT2D eigenvalue weighted by atomic mass is 9.79. The minimum Gasteiger partial charge on any atom is -0.0622 e. The second-order valence-corrected chi connectivity index (χ2v) is 19.9. The first-order chi connectivity index (χ1) is 37.2. The van der Waals surface area contributed by atoms with Crippen LogP contribution in [0, 0.1) is 6.92 Å². The van der Waals surface area contributed by atoms with Gasteiger partial charge in [-0.25, -0.2) is 0 Å². The van der Waals surface area contributed by atoms with E-state index in [1.54, 1.807) is 0 Å². The molecule has 0 aromatic heterocycles. The summed E-state index contributed by atoms with van der Waals surface area (Å²) in [5, 5.41) is 15.3. The maximum Gasteiger partial charge on any atom is -0.00139 e. The molecule has 15 aromatic rings. The Morgan fingerprint density at radius 2 is 0.480 bits per heavy atom. The quantitative estimate of drug-likeness (QED) is 0.140. The third kappa shape index (κ3) is 7.53. The molecule has 350 valence electrons. The molecule has 15 aromatic carbocycles. The van der Waals surface area contributed by atoms with E-state index in [4.69, 9.17) is 0 Å². The predicted molar refractivity (Wildman–Crippen MR) is 323 cm³/mol. The minimum absolute atomic E-state index is 1.21. The summed E-state index contributed by atoms with van der Waals surface area (Å²) in [6, 6.07) is 105. The van der Waals surface area contributed by atoms with Crippen molar-refractivity contribution < 1.29 is 0 Å². The first kappa shape index (κ1) is 44.1. The van der Waals surface area contributed by atoms with Crippen molar-refractivity contribution in [3.63, 3.8) is 0 Å². The van der Waals surface area contributed by atoms with Crippen LogP contribution in [0.4, 0.5) is 0 Å². The Morgan fingerprint density at radius 1 is 0.173 bits per heavy atom. The van der Waals surface area contributed by atoms with E-state index < -0.39 is 0 Å². The number of rotatable bonds is 7. The third-order valence-electron chi connectivity index (χ3n) is 15.5. The monoisotopic (exact) mass is 950 g/mol. The van der Waals surface area contributed by atoms with Crippen molar-refractivity contribution in [3.8, 4) is 77.9 Å². The van der Waals surface area contributed by atoms with Gasteiger partial charge in [0.15, 0.2) is 0 Å². The van der Waals surface area contributed by atoms with Crippen LogP contribution in [0.2, 0.25) is 0 Å². The molecular formula is C75H50. The third-order valence-corrected chi connectivity index (χ3v) is 15.5. The standard InChI is InChI=1S/C68H42.C7H8/c1-5-19-43(20-6-1)49-29-13-15-31-51(49)59-39-57(45-23-9-3-10-24-45)63-41-61(53-33-17-27-47-35-37-55(59)67(63)65(47)53)62-42-64-58(46-25-11-4-12-26-46)40-60(52-32-16-14-30-50(52)44-21-7-2-8-22-44)56-38-36-48-28-18-34-54(62)66(48)68(56)64;1-7-5-3-2-4-6-7/h1-42H;2-6H,1H3. The molecular weight excluding hydrogens is 901 g/mol. The van der Waals surface area contributed by atoms with Crippen molar-refractivity contribution in [3.05, 3.63) is 291 Å². The number of hydrogen-bond donors (Lipinski definition) is 0. The van der Waals surface area contributed by atoms with Crippen molar-refractivity contribution in [2.75, 3.05) is 0 Å². The summed E-state index contributed by atoms with van der Waals surface area (Å²) in [4.78, 5) is 0. The molecule has 0 aliphatic carbocycles. The van der Waals surface area contributed by atoms with E-state index >= 15 is 0 Å². The van der Waals surface area contributed by atoms with Gasteiger partial charge in [0.25, 0.3) is 0 Å². The van der Waals surface area contributed by atoms with Crippen molar-refractivity contribution in [1.82, 2.24) is 0 Å². The zero-order chi connectivity index (χ0) is 49.8. The summed E-state index contributed by atoms with van der Waals surface area (Å²) in [6.07, 6.45) is 0. The van der Waals surface area contributed by atoms with Gasteiger partial charge in [-0.05, 0) is 174 Å². The molecule has 0 atom stereocenters. The summed E-state index contributed by atoms with van der Waals surface area (Å²) < 4.78 is 0. The van der Waals surface area contributed by atoms with Crippen molar-refractivity contribution in [2.45, 2.75) is 6.92 Å². The highest BCUT2D eigenvalue weighted by Gasteiger charge is 2.25. The topological polar surface area (TPSA) is 0 Å². The Morgan fingerprint density at radius 3 is 0.840 bits per heavy atom. The van der Waals surface area contributed by atoms with Gasteiger partial charge in [-0.1, -0.05) is 266 Å². The van der Waals surface area contributed by atoms with E-state index in [1.165, 1.54) is 148 Å². The average Bonchev–Trinajstić information content (AvgIpc) is 3.51. The smallest absolute Gasteiger partial charge is 0.00139 e. The lowest BCUT2D eigenvalue weighted by Gasteiger charge is -2.23. The number of aryl methyl sites for hydroxylation is 1. The lowest BCUT2D eigenvalue weighted by Crippen LogP contribution is -1.96. The van der Waals surface area contributed by atoms with Gasteiger partial charge >= 0.3 is 0 Å². The van der Waals surface area contributed by atoms with Gasteiger partial charge < -0.3 is 0 Å². The molecule has 0 saturated carbocycles. The van der Waals surface area contributed by atoms with Gasteiger partial charge in [0.2, 0.25) is 0 Å². The zero-order valence-corrected chi connectivity index (χ0v) is 41.6. The SMILES string of the molecule is Cc1ccccc1.c1ccc(-c2ccccc2-c2cc(-c3ccccc3)c3cc(-c4cc5c(-c6ccccc6)cc(-c6ccccc6-c6ccccc6)c6ccc7cccc4c7c56)c4cccc5ccc2c3c54)cc1. The summed E-state index contributed by atoms with van der Waals surface area (Å²) in [6.45, 7) is 2.08. The van der Waals surface area contributed by atoms with E-state index in [1.807, 2.05) is 18.2 Å². The fourth-order valence-corrected chi connectivity index (χ4v) is 12.1. The maximum absolute atomic E-state index is 2.53. The highest BCUT2D eigenvalue weighted by molar-refractivity contribution is 6.35. The van der Waals surface area contributed by atoms with Crippen LogP contribution in [0.15, 0.2) is 285 Å². The van der Waals surface area contributed by atoms with Gasteiger partial charge in [-0.3, -0.25) is 0 Å². The van der Waals surface area contributed by atoms with Crippen molar-refractivity contribution in [2.24, 2.45) is 0 Å².